The molecule has 3 heterocycles. The first-order chi connectivity index (χ1) is 24.3. The molecule has 278 valence electrons. The van der Waals surface area contributed by atoms with E-state index in [1.165, 1.54) is 0 Å². The van der Waals surface area contributed by atoms with Gasteiger partial charge in [0.15, 0.2) is 0 Å². The van der Waals surface area contributed by atoms with Gasteiger partial charge >= 0.3 is 5.97 Å². The Balaban J connectivity index is 1.38. The minimum atomic E-state index is -3.35. The van der Waals surface area contributed by atoms with Crippen molar-refractivity contribution in [3.05, 3.63) is 24.3 Å². The number of carbonyl (C=O) groups is 10. The number of amides is 9. The van der Waals surface area contributed by atoms with E-state index in [9.17, 15) is 52.5 Å². The van der Waals surface area contributed by atoms with Crippen LogP contribution in [0.5, 0.6) is 0 Å². The monoisotopic (exact) mass is 736 g/mol. The predicted molar refractivity (Wildman–Crippen MR) is 174 cm³/mol. The van der Waals surface area contributed by atoms with Crippen LogP contribution in [0.2, 0.25) is 0 Å². The summed E-state index contributed by atoms with van der Waals surface area (Å²) >= 11 is 0. The average molecular weight is 737 g/mol. The summed E-state index contributed by atoms with van der Waals surface area (Å²) in [5.74, 6) is -5.36. The van der Waals surface area contributed by atoms with Crippen LogP contribution in [-0.4, -0.2) is 126 Å². The standard InChI is InChI=1S/C30H41N8O12P/c39-21(3-1-18-36-24(42)5-6-25(36)43)32-14-16-34-51(49,35-17-15-33-23(41)12-19-37-26(44)7-8-27(37)45)20-2-13-31-22(40)4-11-30(48)50-38-28(46)9-10-29(38)47/h5-8H,1-4,9-20H2,(H,31,40)(H,32,39)(H,33,41)(H2,34,35,49). The Morgan fingerprint density at radius 1 is 0.588 bits per heavy atom. The fourth-order valence-electron chi connectivity index (χ4n) is 4.82. The molecule has 3 aliphatic rings. The Bertz CT molecular complexity index is 1480. The summed E-state index contributed by atoms with van der Waals surface area (Å²) < 4.78 is 13.7. The van der Waals surface area contributed by atoms with E-state index < -0.39 is 60.7 Å². The fourth-order valence-corrected chi connectivity index (χ4v) is 6.80. The Morgan fingerprint density at radius 2 is 1.06 bits per heavy atom. The topological polar surface area (TPSA) is 267 Å². The first-order valence-electron chi connectivity index (χ1n) is 16.3. The normalized spacial score (nSPS) is 16.7. The number of rotatable bonds is 23. The molecule has 0 aliphatic carbocycles. The molecule has 1 fully saturated rings. The van der Waals surface area contributed by atoms with Crippen molar-refractivity contribution in [1.29, 1.82) is 0 Å². The van der Waals surface area contributed by atoms with Crippen molar-refractivity contribution < 1.29 is 57.3 Å². The first-order valence-corrected chi connectivity index (χ1v) is 18.2. The molecule has 20 nitrogen and oxygen atoms in total. The molecule has 0 aromatic heterocycles. The second-order valence-electron chi connectivity index (χ2n) is 11.4. The zero-order chi connectivity index (χ0) is 37.4. The Kier molecular flexibility index (Phi) is 15.8. The van der Waals surface area contributed by atoms with Crippen LogP contribution in [0.15, 0.2) is 24.3 Å². The lowest BCUT2D eigenvalue weighted by atomic mass is 10.3. The van der Waals surface area contributed by atoms with E-state index in [2.05, 4.69) is 26.1 Å². The smallest absolute Gasteiger partial charge is 0.333 e. The van der Waals surface area contributed by atoms with Gasteiger partial charge in [-0.3, -0.25) is 67.7 Å². The highest BCUT2D eigenvalue weighted by atomic mass is 31.2. The van der Waals surface area contributed by atoms with Gasteiger partial charge in [0, 0.05) is 108 Å². The van der Waals surface area contributed by atoms with Crippen molar-refractivity contribution in [2.45, 2.75) is 51.4 Å². The molecule has 3 rings (SSSR count). The number of hydrogen-bond acceptors (Lipinski definition) is 12. The lowest BCUT2D eigenvalue weighted by Gasteiger charge is -2.22. The maximum absolute atomic E-state index is 13.7. The highest BCUT2D eigenvalue weighted by Crippen LogP contribution is 2.35. The summed E-state index contributed by atoms with van der Waals surface area (Å²) in [6.07, 6.45) is 4.23. The molecular weight excluding hydrogens is 695 g/mol. The van der Waals surface area contributed by atoms with Gasteiger partial charge in [-0.1, -0.05) is 0 Å². The molecule has 21 heteroatoms. The molecule has 51 heavy (non-hydrogen) atoms. The Morgan fingerprint density at radius 3 is 1.61 bits per heavy atom. The van der Waals surface area contributed by atoms with Crippen LogP contribution < -0.4 is 26.1 Å². The minimum absolute atomic E-state index is 0.0362. The van der Waals surface area contributed by atoms with Crippen LogP contribution in [0.25, 0.3) is 0 Å². The van der Waals surface area contributed by atoms with E-state index in [1.54, 1.807) is 0 Å². The quantitative estimate of drug-likeness (QED) is 0.0413. The first kappa shape index (κ1) is 40.4. The van der Waals surface area contributed by atoms with E-state index in [4.69, 9.17) is 4.84 Å². The van der Waals surface area contributed by atoms with Crippen molar-refractivity contribution in [3.63, 3.8) is 0 Å². The summed E-state index contributed by atoms with van der Waals surface area (Å²) in [5.41, 5.74) is 0. The van der Waals surface area contributed by atoms with Gasteiger partial charge in [-0.2, -0.15) is 0 Å². The number of imide groups is 3. The summed E-state index contributed by atoms with van der Waals surface area (Å²) in [6, 6.07) is 0. The summed E-state index contributed by atoms with van der Waals surface area (Å²) in [7, 11) is -3.35. The lowest BCUT2D eigenvalue weighted by molar-refractivity contribution is -0.197. The van der Waals surface area contributed by atoms with Gasteiger partial charge in [0.2, 0.25) is 25.2 Å². The van der Waals surface area contributed by atoms with E-state index in [0.29, 0.717) is 5.06 Å². The molecule has 0 aromatic rings. The molecule has 1 saturated heterocycles. The third-order valence-electron chi connectivity index (χ3n) is 7.50. The van der Waals surface area contributed by atoms with E-state index in [-0.39, 0.29) is 109 Å². The largest absolute Gasteiger partial charge is 0.356 e. The highest BCUT2D eigenvalue weighted by molar-refractivity contribution is 7.59. The van der Waals surface area contributed by atoms with Crippen LogP contribution >= 0.6 is 7.44 Å². The third kappa shape index (κ3) is 13.6. The maximum atomic E-state index is 13.7. The van der Waals surface area contributed by atoms with Crippen LogP contribution in [-0.2, 0) is 57.3 Å². The van der Waals surface area contributed by atoms with Crippen LogP contribution in [0.1, 0.15) is 51.4 Å². The molecule has 1 unspecified atom stereocenters. The molecule has 0 saturated carbocycles. The average Bonchev–Trinajstić information content (AvgIpc) is 3.71. The van der Waals surface area contributed by atoms with E-state index >= 15 is 0 Å². The summed E-state index contributed by atoms with van der Waals surface area (Å²) in [4.78, 5) is 125. The number of hydroxylamine groups is 2. The van der Waals surface area contributed by atoms with Crippen molar-refractivity contribution in [2.24, 2.45) is 0 Å². The second kappa shape index (κ2) is 19.9. The molecule has 1 atom stereocenters. The van der Waals surface area contributed by atoms with Crippen molar-refractivity contribution in [2.75, 3.05) is 52.0 Å². The van der Waals surface area contributed by atoms with Gasteiger partial charge in [-0.05, 0) is 12.8 Å². The van der Waals surface area contributed by atoms with Gasteiger partial charge in [-0.15, -0.1) is 5.06 Å². The fraction of sp³-hybridized carbons (Fsp3) is 0.533. The van der Waals surface area contributed by atoms with Gasteiger partial charge in [0.05, 0.1) is 6.42 Å². The molecule has 0 bridgehead atoms. The van der Waals surface area contributed by atoms with Crippen molar-refractivity contribution in [3.8, 4) is 0 Å². The zero-order valence-corrected chi connectivity index (χ0v) is 28.7. The van der Waals surface area contributed by atoms with Gasteiger partial charge in [0.1, 0.15) is 0 Å². The van der Waals surface area contributed by atoms with Gasteiger partial charge in [-0.25, -0.2) is 4.79 Å². The number of hydrogen-bond donors (Lipinski definition) is 5. The number of nitrogens with one attached hydrogen (secondary N) is 5. The number of nitrogens with zero attached hydrogens (tertiary/aromatic N) is 3. The third-order valence-corrected chi connectivity index (χ3v) is 9.92. The molecule has 3 aliphatic heterocycles. The molecule has 0 spiro atoms. The summed E-state index contributed by atoms with van der Waals surface area (Å²) in [6.45, 7) is 0.376. The predicted octanol–water partition coefficient (Wildman–Crippen LogP) is -2.49. The zero-order valence-electron chi connectivity index (χ0n) is 27.8. The Hall–Kier alpha value is -5.07. The number of carbonyl (C=O) groups excluding carboxylic acids is 10. The molecule has 9 amide bonds. The van der Waals surface area contributed by atoms with E-state index in [0.717, 1.165) is 34.1 Å². The molecule has 0 aromatic carbocycles. The molecule has 5 N–H and O–H groups in total. The lowest BCUT2D eigenvalue weighted by Crippen LogP contribution is -2.38. The molecule has 0 radical (unpaired) electrons. The van der Waals surface area contributed by atoms with Gasteiger partial charge < -0.3 is 20.8 Å². The van der Waals surface area contributed by atoms with Crippen LogP contribution in [0, 0.1) is 0 Å². The second-order valence-corrected chi connectivity index (χ2v) is 14.0. The minimum Gasteiger partial charge on any atom is -0.356 e. The van der Waals surface area contributed by atoms with Crippen molar-refractivity contribution in [1.82, 2.24) is 41.0 Å². The van der Waals surface area contributed by atoms with Crippen molar-refractivity contribution >= 4 is 66.6 Å². The maximum Gasteiger partial charge on any atom is 0.333 e. The Labute approximate surface area is 292 Å². The highest BCUT2D eigenvalue weighted by Gasteiger charge is 2.33. The SMILES string of the molecule is O=C(CCCN1C(=O)C=CC1=O)NCCNP(=O)(CCCNC(=O)CCC(=O)ON1C(=O)CCC1=O)NCCNC(=O)CCN1C(=O)C=CC1=O. The van der Waals surface area contributed by atoms with Crippen LogP contribution in [0.4, 0.5) is 0 Å². The van der Waals surface area contributed by atoms with Gasteiger partial charge in [0.25, 0.3) is 35.4 Å². The molecular formula is C30H41N8O12P. The van der Waals surface area contributed by atoms with Crippen LogP contribution in [0.3, 0.4) is 0 Å². The van der Waals surface area contributed by atoms with E-state index in [1.807, 2.05) is 0 Å². The summed E-state index contributed by atoms with van der Waals surface area (Å²) in [5, 5.41) is 14.0.